The molecule has 2 aliphatic rings. The molecule has 4 heteroatoms. The van der Waals surface area contributed by atoms with Crippen molar-refractivity contribution in [3.8, 4) is 0 Å². The SMILES string of the molecule is OC12CCCCC1CN(c1nccc3sccc13)CC2. The third-order valence-corrected chi connectivity index (χ3v) is 5.97. The Morgan fingerprint density at radius 1 is 1.30 bits per heavy atom. The fraction of sp³-hybridized carbons (Fsp3) is 0.562. The number of fused-ring (bicyclic) bond motifs is 2. The van der Waals surface area contributed by atoms with Crippen LogP contribution < -0.4 is 4.90 Å². The van der Waals surface area contributed by atoms with E-state index in [0.717, 1.165) is 38.2 Å². The van der Waals surface area contributed by atoms with Gasteiger partial charge in [-0.25, -0.2) is 4.98 Å². The van der Waals surface area contributed by atoms with Crippen molar-refractivity contribution < 1.29 is 5.11 Å². The fourth-order valence-corrected chi connectivity index (χ4v) is 4.67. The highest BCUT2D eigenvalue weighted by atomic mass is 32.1. The third kappa shape index (κ3) is 1.93. The molecule has 0 amide bonds. The molecule has 3 nitrogen and oxygen atoms in total. The molecule has 0 bridgehead atoms. The van der Waals surface area contributed by atoms with Gasteiger partial charge < -0.3 is 10.0 Å². The van der Waals surface area contributed by atoms with Crippen LogP contribution in [-0.4, -0.2) is 28.8 Å². The van der Waals surface area contributed by atoms with E-state index in [1.54, 1.807) is 11.3 Å². The molecule has 2 aromatic heterocycles. The van der Waals surface area contributed by atoms with Gasteiger partial charge >= 0.3 is 0 Å². The zero-order valence-corrected chi connectivity index (χ0v) is 12.4. The van der Waals surface area contributed by atoms with Crippen LogP contribution in [0.1, 0.15) is 32.1 Å². The standard InChI is InChI=1S/C16H20N2OS/c19-16-6-2-1-3-12(16)11-18(9-7-16)15-13-5-10-20-14(13)4-8-17-15/h4-5,8,10,12,19H,1-3,6-7,9,11H2. The topological polar surface area (TPSA) is 36.4 Å². The van der Waals surface area contributed by atoms with Crippen molar-refractivity contribution in [2.24, 2.45) is 5.92 Å². The normalized spacial score (nSPS) is 30.4. The number of anilines is 1. The smallest absolute Gasteiger partial charge is 0.137 e. The summed E-state index contributed by atoms with van der Waals surface area (Å²) in [5.74, 6) is 1.53. The summed E-state index contributed by atoms with van der Waals surface area (Å²) in [6.07, 6.45) is 7.40. The third-order valence-electron chi connectivity index (χ3n) is 5.09. The van der Waals surface area contributed by atoms with E-state index in [0.29, 0.717) is 5.92 Å². The van der Waals surface area contributed by atoms with Gasteiger partial charge in [0.15, 0.2) is 0 Å². The highest BCUT2D eigenvalue weighted by Gasteiger charge is 2.43. The van der Waals surface area contributed by atoms with Crippen molar-refractivity contribution in [1.29, 1.82) is 0 Å². The van der Waals surface area contributed by atoms with Crippen LogP contribution in [0.4, 0.5) is 5.82 Å². The Morgan fingerprint density at radius 3 is 3.20 bits per heavy atom. The van der Waals surface area contributed by atoms with E-state index in [1.807, 2.05) is 6.20 Å². The van der Waals surface area contributed by atoms with Crippen LogP contribution in [0.15, 0.2) is 23.7 Å². The Labute approximate surface area is 123 Å². The summed E-state index contributed by atoms with van der Waals surface area (Å²) in [6.45, 7) is 1.88. The molecular formula is C16H20N2OS. The van der Waals surface area contributed by atoms with E-state index in [9.17, 15) is 5.11 Å². The molecule has 1 saturated heterocycles. The average molecular weight is 288 g/mol. The minimum Gasteiger partial charge on any atom is -0.389 e. The lowest BCUT2D eigenvalue weighted by Gasteiger charge is -2.47. The van der Waals surface area contributed by atoms with Gasteiger partial charge in [0, 0.05) is 35.3 Å². The van der Waals surface area contributed by atoms with E-state index in [2.05, 4.69) is 27.4 Å². The van der Waals surface area contributed by atoms with Crippen molar-refractivity contribution in [3.63, 3.8) is 0 Å². The Balaban J connectivity index is 1.65. The lowest BCUT2D eigenvalue weighted by molar-refractivity contribution is -0.0613. The summed E-state index contributed by atoms with van der Waals surface area (Å²) >= 11 is 1.77. The number of aromatic nitrogens is 1. The number of piperidine rings is 1. The molecule has 1 N–H and O–H groups in total. The lowest BCUT2D eigenvalue weighted by atomic mass is 9.71. The minimum absolute atomic E-state index is 0.405. The lowest BCUT2D eigenvalue weighted by Crippen LogP contribution is -2.53. The van der Waals surface area contributed by atoms with Gasteiger partial charge in [-0.05, 0) is 36.8 Å². The molecule has 0 aromatic carbocycles. The Morgan fingerprint density at radius 2 is 2.25 bits per heavy atom. The van der Waals surface area contributed by atoms with Crippen LogP contribution in [-0.2, 0) is 0 Å². The number of aliphatic hydroxyl groups is 1. The molecule has 106 valence electrons. The van der Waals surface area contributed by atoms with Gasteiger partial charge in [-0.2, -0.15) is 0 Å². The van der Waals surface area contributed by atoms with Crippen molar-refractivity contribution in [3.05, 3.63) is 23.7 Å². The average Bonchev–Trinajstić information content (AvgIpc) is 2.94. The zero-order chi connectivity index (χ0) is 13.6. The molecule has 3 heterocycles. The second-order valence-corrected chi connectivity index (χ2v) is 7.16. The monoisotopic (exact) mass is 288 g/mol. The second kappa shape index (κ2) is 4.71. The number of hydrogen-bond acceptors (Lipinski definition) is 4. The fourth-order valence-electron chi connectivity index (χ4n) is 3.90. The first-order chi connectivity index (χ1) is 9.76. The van der Waals surface area contributed by atoms with E-state index >= 15 is 0 Å². The van der Waals surface area contributed by atoms with Crippen LogP contribution in [0.25, 0.3) is 10.1 Å². The van der Waals surface area contributed by atoms with Crippen molar-refractivity contribution in [2.45, 2.75) is 37.7 Å². The number of pyridine rings is 1. The van der Waals surface area contributed by atoms with Gasteiger partial charge in [-0.3, -0.25) is 0 Å². The predicted octanol–water partition coefficient (Wildman–Crippen LogP) is 3.43. The maximum atomic E-state index is 10.8. The first-order valence-electron chi connectivity index (χ1n) is 7.56. The van der Waals surface area contributed by atoms with Crippen LogP contribution in [0.5, 0.6) is 0 Å². The van der Waals surface area contributed by atoms with Crippen molar-refractivity contribution in [1.82, 2.24) is 4.98 Å². The first kappa shape index (κ1) is 12.6. The van der Waals surface area contributed by atoms with Crippen LogP contribution in [0.3, 0.4) is 0 Å². The molecule has 4 rings (SSSR count). The molecule has 20 heavy (non-hydrogen) atoms. The summed E-state index contributed by atoms with van der Waals surface area (Å²) < 4.78 is 1.31. The first-order valence-corrected chi connectivity index (χ1v) is 8.44. The summed E-state index contributed by atoms with van der Waals surface area (Å²) in [5.41, 5.74) is -0.405. The molecule has 0 spiro atoms. The summed E-state index contributed by atoms with van der Waals surface area (Å²) in [5, 5.41) is 14.2. The van der Waals surface area contributed by atoms with E-state index < -0.39 is 5.60 Å². The largest absolute Gasteiger partial charge is 0.389 e. The predicted molar refractivity (Wildman–Crippen MR) is 83.4 cm³/mol. The summed E-state index contributed by atoms with van der Waals surface area (Å²) in [7, 11) is 0. The molecule has 2 fully saturated rings. The summed E-state index contributed by atoms with van der Waals surface area (Å²) in [6, 6.07) is 4.26. The number of thiophene rings is 1. The minimum atomic E-state index is -0.405. The Hall–Kier alpha value is -1.13. The van der Waals surface area contributed by atoms with Gasteiger partial charge in [0.25, 0.3) is 0 Å². The van der Waals surface area contributed by atoms with Crippen LogP contribution in [0.2, 0.25) is 0 Å². The Bertz CT molecular complexity index is 626. The van der Waals surface area contributed by atoms with Gasteiger partial charge in [0.05, 0.1) is 5.60 Å². The summed E-state index contributed by atoms with van der Waals surface area (Å²) in [4.78, 5) is 7.00. The maximum absolute atomic E-state index is 10.8. The van der Waals surface area contributed by atoms with E-state index in [4.69, 9.17) is 0 Å². The molecule has 1 saturated carbocycles. The molecule has 1 aliphatic carbocycles. The van der Waals surface area contributed by atoms with E-state index in [1.165, 1.54) is 22.9 Å². The van der Waals surface area contributed by atoms with Gasteiger partial charge in [-0.15, -0.1) is 11.3 Å². The van der Waals surface area contributed by atoms with Crippen LogP contribution >= 0.6 is 11.3 Å². The van der Waals surface area contributed by atoms with E-state index in [-0.39, 0.29) is 0 Å². The van der Waals surface area contributed by atoms with Gasteiger partial charge in [0.1, 0.15) is 5.82 Å². The number of hydrogen-bond donors (Lipinski definition) is 1. The highest BCUT2D eigenvalue weighted by Crippen LogP contribution is 2.41. The van der Waals surface area contributed by atoms with Crippen LogP contribution in [0, 0.1) is 5.92 Å². The molecule has 2 aromatic rings. The quantitative estimate of drug-likeness (QED) is 0.873. The Kier molecular flexibility index (Phi) is 2.97. The molecule has 1 aliphatic heterocycles. The highest BCUT2D eigenvalue weighted by molar-refractivity contribution is 7.17. The molecule has 2 atom stereocenters. The molecular weight excluding hydrogens is 268 g/mol. The van der Waals surface area contributed by atoms with Crippen molar-refractivity contribution >= 4 is 27.2 Å². The van der Waals surface area contributed by atoms with Crippen molar-refractivity contribution in [2.75, 3.05) is 18.0 Å². The maximum Gasteiger partial charge on any atom is 0.137 e. The second-order valence-electron chi connectivity index (χ2n) is 6.21. The van der Waals surface area contributed by atoms with Gasteiger partial charge in [-0.1, -0.05) is 12.8 Å². The zero-order valence-electron chi connectivity index (χ0n) is 11.6. The number of nitrogens with zero attached hydrogens (tertiary/aromatic N) is 2. The van der Waals surface area contributed by atoms with Gasteiger partial charge in [0.2, 0.25) is 0 Å². The number of rotatable bonds is 1. The molecule has 2 unspecified atom stereocenters. The molecule has 0 radical (unpaired) electrons.